The molecule has 2 heterocycles. The van der Waals surface area contributed by atoms with Crippen LogP contribution in [-0.2, 0) is 6.54 Å². The predicted molar refractivity (Wildman–Crippen MR) is 81.4 cm³/mol. The monoisotopic (exact) mass is 306 g/mol. The van der Waals surface area contributed by atoms with Gasteiger partial charge < -0.3 is 15.5 Å². The summed E-state index contributed by atoms with van der Waals surface area (Å²) < 4.78 is 13.4. The Hall–Kier alpha value is -1.99. The molecule has 7 heteroatoms. The molecule has 21 heavy (non-hydrogen) atoms. The number of amides is 1. The lowest BCUT2D eigenvalue weighted by atomic mass is 10.1. The molecule has 0 aliphatic carbocycles. The predicted octanol–water partition coefficient (Wildman–Crippen LogP) is 1.84. The zero-order chi connectivity index (χ0) is 15.0. The number of hydrogen-bond donors (Lipinski definition) is 1. The number of anilines is 2. The van der Waals surface area contributed by atoms with Crippen molar-refractivity contribution in [1.82, 2.24) is 4.98 Å². The number of carbonyl (C=O) groups excluding carboxylic acids is 1. The molecule has 3 rings (SSSR count). The molecule has 1 aromatic heterocycles. The molecule has 0 fully saturated rings. The molecule has 1 aliphatic rings. The van der Waals surface area contributed by atoms with Crippen LogP contribution in [0.3, 0.4) is 0 Å². The Morgan fingerprint density at radius 2 is 2.24 bits per heavy atom. The van der Waals surface area contributed by atoms with Gasteiger partial charge in [0.2, 0.25) is 0 Å². The van der Waals surface area contributed by atoms with Gasteiger partial charge in [-0.15, -0.1) is 11.3 Å². The molecule has 1 aliphatic heterocycles. The van der Waals surface area contributed by atoms with Gasteiger partial charge in [0.15, 0.2) is 0 Å². The van der Waals surface area contributed by atoms with E-state index in [1.807, 2.05) is 11.9 Å². The van der Waals surface area contributed by atoms with E-state index in [-0.39, 0.29) is 11.7 Å². The van der Waals surface area contributed by atoms with Crippen molar-refractivity contribution in [2.24, 2.45) is 5.73 Å². The second-order valence-electron chi connectivity index (χ2n) is 4.84. The summed E-state index contributed by atoms with van der Waals surface area (Å²) in [5.41, 5.74) is 7.33. The van der Waals surface area contributed by atoms with Crippen LogP contribution in [0.15, 0.2) is 23.6 Å². The number of carbonyl (C=O) groups is 1. The van der Waals surface area contributed by atoms with E-state index in [4.69, 9.17) is 5.73 Å². The highest BCUT2D eigenvalue weighted by atomic mass is 32.1. The SMILES string of the molecule is CN1CCN(C(=O)c2csc(CN)n2)c2ccc(F)cc21. The van der Waals surface area contributed by atoms with Crippen molar-refractivity contribution >= 4 is 28.6 Å². The van der Waals surface area contributed by atoms with Gasteiger partial charge >= 0.3 is 0 Å². The molecule has 1 amide bonds. The Morgan fingerprint density at radius 3 is 2.95 bits per heavy atom. The average molecular weight is 306 g/mol. The number of nitrogens with two attached hydrogens (primary N) is 1. The van der Waals surface area contributed by atoms with Crippen LogP contribution < -0.4 is 15.5 Å². The number of halogens is 1. The number of benzene rings is 1. The minimum absolute atomic E-state index is 0.174. The lowest BCUT2D eigenvalue weighted by Gasteiger charge is -2.35. The maximum Gasteiger partial charge on any atom is 0.277 e. The average Bonchev–Trinajstić information content (AvgIpc) is 2.96. The minimum atomic E-state index is -0.311. The van der Waals surface area contributed by atoms with Gasteiger partial charge in [0.1, 0.15) is 16.5 Å². The van der Waals surface area contributed by atoms with Crippen molar-refractivity contribution < 1.29 is 9.18 Å². The lowest BCUT2D eigenvalue weighted by Crippen LogP contribution is -2.42. The molecule has 0 saturated heterocycles. The number of aromatic nitrogens is 1. The molecule has 0 radical (unpaired) electrons. The topological polar surface area (TPSA) is 62.5 Å². The molecule has 0 bridgehead atoms. The number of thiazole rings is 1. The Bertz CT molecular complexity index is 687. The fourth-order valence-electron chi connectivity index (χ4n) is 2.37. The smallest absolute Gasteiger partial charge is 0.277 e. The molecule has 5 nitrogen and oxygen atoms in total. The van der Waals surface area contributed by atoms with Crippen LogP contribution in [0.4, 0.5) is 15.8 Å². The van der Waals surface area contributed by atoms with E-state index in [9.17, 15) is 9.18 Å². The number of fused-ring (bicyclic) bond motifs is 1. The fourth-order valence-corrected chi connectivity index (χ4v) is 3.02. The van der Waals surface area contributed by atoms with E-state index in [1.165, 1.54) is 23.5 Å². The van der Waals surface area contributed by atoms with Crippen LogP contribution in [-0.4, -0.2) is 31.0 Å². The van der Waals surface area contributed by atoms with Crippen molar-refractivity contribution in [3.05, 3.63) is 40.1 Å². The van der Waals surface area contributed by atoms with Crippen LogP contribution in [0.25, 0.3) is 0 Å². The highest BCUT2D eigenvalue weighted by Crippen LogP contribution is 2.33. The molecule has 0 saturated carbocycles. The zero-order valence-corrected chi connectivity index (χ0v) is 12.4. The Morgan fingerprint density at radius 1 is 1.43 bits per heavy atom. The van der Waals surface area contributed by atoms with Crippen LogP contribution in [0.1, 0.15) is 15.5 Å². The van der Waals surface area contributed by atoms with Gasteiger partial charge in [-0.2, -0.15) is 0 Å². The van der Waals surface area contributed by atoms with Crippen LogP contribution in [0.2, 0.25) is 0 Å². The maximum absolute atomic E-state index is 13.4. The molecular formula is C14H15FN4OS. The fraction of sp³-hybridized carbons (Fsp3) is 0.286. The molecule has 0 spiro atoms. The normalized spacial score (nSPS) is 14.2. The van der Waals surface area contributed by atoms with E-state index in [0.29, 0.717) is 36.7 Å². The molecule has 2 N–H and O–H groups in total. The first kappa shape index (κ1) is 14.0. The molecule has 0 atom stereocenters. The summed E-state index contributed by atoms with van der Waals surface area (Å²) in [6.07, 6.45) is 0. The largest absolute Gasteiger partial charge is 0.371 e. The Kier molecular flexibility index (Phi) is 3.60. The minimum Gasteiger partial charge on any atom is -0.371 e. The van der Waals surface area contributed by atoms with Crippen molar-refractivity contribution in [2.45, 2.75) is 6.54 Å². The van der Waals surface area contributed by atoms with Gasteiger partial charge in [-0.3, -0.25) is 4.79 Å². The maximum atomic E-state index is 13.4. The van der Waals surface area contributed by atoms with Crippen molar-refractivity contribution in [3.8, 4) is 0 Å². The van der Waals surface area contributed by atoms with Gasteiger partial charge in [0.25, 0.3) is 5.91 Å². The van der Waals surface area contributed by atoms with Gasteiger partial charge in [-0.25, -0.2) is 9.37 Å². The Balaban J connectivity index is 1.97. The standard InChI is InChI=1S/C14H15FN4OS/c1-18-4-5-19(11-3-2-9(15)6-12(11)18)14(20)10-8-21-13(7-16)17-10/h2-3,6,8H,4-5,7,16H2,1H3. The summed E-state index contributed by atoms with van der Waals surface area (Å²) in [6.45, 7) is 1.52. The first-order chi connectivity index (χ1) is 10.1. The lowest BCUT2D eigenvalue weighted by molar-refractivity contribution is 0.0982. The van der Waals surface area contributed by atoms with E-state index < -0.39 is 0 Å². The van der Waals surface area contributed by atoms with Crippen molar-refractivity contribution in [1.29, 1.82) is 0 Å². The number of likely N-dealkylation sites (N-methyl/N-ethyl adjacent to an activating group) is 1. The van der Waals surface area contributed by atoms with E-state index in [2.05, 4.69) is 4.98 Å². The van der Waals surface area contributed by atoms with Crippen molar-refractivity contribution in [2.75, 3.05) is 29.9 Å². The van der Waals surface area contributed by atoms with E-state index in [1.54, 1.807) is 16.3 Å². The van der Waals surface area contributed by atoms with Gasteiger partial charge in [-0.1, -0.05) is 0 Å². The third kappa shape index (κ3) is 2.50. The third-order valence-electron chi connectivity index (χ3n) is 3.49. The highest BCUT2D eigenvalue weighted by Gasteiger charge is 2.27. The summed E-state index contributed by atoms with van der Waals surface area (Å²) in [5, 5.41) is 2.44. The summed E-state index contributed by atoms with van der Waals surface area (Å²) in [5.74, 6) is -0.485. The zero-order valence-electron chi connectivity index (χ0n) is 11.5. The van der Waals surface area contributed by atoms with E-state index >= 15 is 0 Å². The molecule has 0 unspecified atom stereocenters. The first-order valence-corrected chi connectivity index (χ1v) is 7.45. The van der Waals surface area contributed by atoms with Crippen LogP contribution in [0, 0.1) is 5.82 Å². The molecule has 1 aromatic carbocycles. The number of hydrogen-bond acceptors (Lipinski definition) is 5. The number of nitrogens with zero attached hydrogens (tertiary/aromatic N) is 3. The second kappa shape index (κ2) is 5.42. The quantitative estimate of drug-likeness (QED) is 0.919. The molecular weight excluding hydrogens is 291 g/mol. The molecule has 110 valence electrons. The second-order valence-corrected chi connectivity index (χ2v) is 5.78. The van der Waals surface area contributed by atoms with Crippen molar-refractivity contribution in [3.63, 3.8) is 0 Å². The van der Waals surface area contributed by atoms with Gasteiger partial charge in [-0.05, 0) is 18.2 Å². The summed E-state index contributed by atoms with van der Waals surface area (Å²) >= 11 is 1.37. The van der Waals surface area contributed by atoms with Gasteiger partial charge in [0.05, 0.1) is 11.4 Å². The molecule has 2 aromatic rings. The summed E-state index contributed by atoms with van der Waals surface area (Å²) in [4.78, 5) is 20.4. The summed E-state index contributed by atoms with van der Waals surface area (Å²) in [7, 11) is 1.88. The highest BCUT2D eigenvalue weighted by molar-refractivity contribution is 7.09. The summed E-state index contributed by atoms with van der Waals surface area (Å²) in [6, 6.07) is 4.44. The van der Waals surface area contributed by atoms with Gasteiger partial charge in [0, 0.05) is 32.1 Å². The first-order valence-electron chi connectivity index (χ1n) is 6.57. The number of rotatable bonds is 2. The third-order valence-corrected chi connectivity index (χ3v) is 4.36. The van der Waals surface area contributed by atoms with Crippen LogP contribution >= 0.6 is 11.3 Å². The Labute approximate surface area is 125 Å². The van der Waals surface area contributed by atoms with Crippen LogP contribution in [0.5, 0.6) is 0 Å². The van der Waals surface area contributed by atoms with E-state index in [0.717, 1.165) is 5.01 Å².